The number of pyridine rings is 1. The zero-order valence-corrected chi connectivity index (χ0v) is 15.5. The Bertz CT molecular complexity index is 996. The van der Waals surface area contributed by atoms with Crippen molar-refractivity contribution in [2.75, 3.05) is 13.7 Å². The van der Waals surface area contributed by atoms with E-state index < -0.39 is 0 Å². The van der Waals surface area contributed by atoms with Crippen molar-refractivity contribution in [3.8, 4) is 5.75 Å². The second kappa shape index (κ2) is 8.49. The van der Waals surface area contributed by atoms with Gasteiger partial charge in [0.1, 0.15) is 11.3 Å². The Morgan fingerprint density at radius 3 is 2.81 bits per heavy atom. The largest absolute Gasteiger partial charge is 0.496 e. The molecule has 0 fully saturated rings. The van der Waals surface area contributed by atoms with Crippen molar-refractivity contribution in [1.29, 1.82) is 0 Å². The molecule has 140 valence electrons. The molecule has 2 heterocycles. The molecule has 0 unspecified atom stereocenters. The fourth-order valence-corrected chi connectivity index (χ4v) is 2.99. The molecular weight excluding hydrogens is 344 g/mol. The van der Waals surface area contributed by atoms with Gasteiger partial charge in [-0.2, -0.15) is 0 Å². The van der Waals surface area contributed by atoms with Gasteiger partial charge >= 0.3 is 5.63 Å². The molecule has 1 N–H and O–H groups in total. The Balaban J connectivity index is 1.63. The van der Waals surface area contributed by atoms with Crippen LogP contribution in [0.4, 0.5) is 0 Å². The molecule has 0 aliphatic rings. The van der Waals surface area contributed by atoms with E-state index in [1.54, 1.807) is 19.4 Å². The molecule has 1 amide bonds. The number of ether oxygens (including phenoxy) is 1. The average molecular weight is 366 g/mol. The SMILES string of the molecule is COc1cc2oc(=O)cc(C)c2cc1CCC(=O)NCCc1ccccn1. The Morgan fingerprint density at radius 2 is 2.07 bits per heavy atom. The predicted octanol–water partition coefficient (Wildman–Crippen LogP) is 2.80. The zero-order chi connectivity index (χ0) is 19.2. The quantitative estimate of drug-likeness (QED) is 0.650. The number of rotatable bonds is 7. The molecule has 6 heteroatoms. The minimum atomic E-state index is -0.387. The highest BCUT2D eigenvalue weighted by atomic mass is 16.5. The molecule has 0 radical (unpaired) electrons. The van der Waals surface area contributed by atoms with Gasteiger partial charge in [0.2, 0.25) is 5.91 Å². The van der Waals surface area contributed by atoms with Gasteiger partial charge in [-0.3, -0.25) is 9.78 Å². The van der Waals surface area contributed by atoms with Gasteiger partial charge in [-0.15, -0.1) is 0 Å². The first-order valence-electron chi connectivity index (χ1n) is 8.85. The van der Waals surface area contributed by atoms with Crippen LogP contribution in [0.5, 0.6) is 5.75 Å². The van der Waals surface area contributed by atoms with E-state index >= 15 is 0 Å². The third kappa shape index (κ3) is 4.73. The number of amides is 1. The van der Waals surface area contributed by atoms with Gasteiger partial charge in [0.05, 0.1) is 7.11 Å². The number of methoxy groups -OCH3 is 1. The Labute approximate surface area is 157 Å². The summed E-state index contributed by atoms with van der Waals surface area (Å²) >= 11 is 0. The number of nitrogens with one attached hydrogen (secondary N) is 1. The van der Waals surface area contributed by atoms with E-state index in [0.29, 0.717) is 37.1 Å². The number of carbonyl (C=O) groups is 1. The van der Waals surface area contributed by atoms with Gasteiger partial charge in [0.15, 0.2) is 0 Å². The van der Waals surface area contributed by atoms with Crippen LogP contribution in [0.1, 0.15) is 23.2 Å². The van der Waals surface area contributed by atoms with E-state index in [4.69, 9.17) is 9.15 Å². The van der Waals surface area contributed by atoms with Crippen molar-refractivity contribution in [2.45, 2.75) is 26.2 Å². The van der Waals surface area contributed by atoms with E-state index in [-0.39, 0.29) is 11.5 Å². The molecule has 2 aromatic heterocycles. The summed E-state index contributed by atoms with van der Waals surface area (Å²) in [6.45, 7) is 2.41. The van der Waals surface area contributed by atoms with E-state index in [2.05, 4.69) is 10.3 Å². The van der Waals surface area contributed by atoms with Crippen LogP contribution in [0.25, 0.3) is 11.0 Å². The molecule has 0 saturated carbocycles. The van der Waals surface area contributed by atoms with Crippen LogP contribution in [-0.4, -0.2) is 24.5 Å². The van der Waals surface area contributed by atoms with Crippen LogP contribution >= 0.6 is 0 Å². The lowest BCUT2D eigenvalue weighted by molar-refractivity contribution is -0.121. The third-order valence-corrected chi connectivity index (χ3v) is 4.40. The van der Waals surface area contributed by atoms with Crippen molar-refractivity contribution in [3.05, 3.63) is 69.8 Å². The minimum absolute atomic E-state index is 0.0237. The zero-order valence-electron chi connectivity index (χ0n) is 15.5. The fourth-order valence-electron chi connectivity index (χ4n) is 2.99. The molecule has 27 heavy (non-hydrogen) atoms. The van der Waals surface area contributed by atoms with Gasteiger partial charge in [0.25, 0.3) is 0 Å². The first-order chi connectivity index (χ1) is 13.1. The number of hydrogen-bond acceptors (Lipinski definition) is 5. The van der Waals surface area contributed by atoms with Crippen molar-refractivity contribution < 1.29 is 13.9 Å². The Morgan fingerprint density at radius 1 is 1.22 bits per heavy atom. The van der Waals surface area contributed by atoms with Crippen LogP contribution < -0.4 is 15.7 Å². The number of carbonyl (C=O) groups excluding carboxylic acids is 1. The number of nitrogens with zero attached hydrogens (tertiary/aromatic N) is 1. The summed E-state index contributed by atoms with van der Waals surface area (Å²) in [6, 6.07) is 10.8. The van der Waals surface area contributed by atoms with Gasteiger partial charge in [-0.25, -0.2) is 4.79 Å². The lowest BCUT2D eigenvalue weighted by Gasteiger charge is -2.11. The summed E-state index contributed by atoms with van der Waals surface area (Å²) in [6.07, 6.45) is 3.32. The number of hydrogen-bond donors (Lipinski definition) is 1. The maximum atomic E-state index is 12.1. The third-order valence-electron chi connectivity index (χ3n) is 4.40. The highest BCUT2D eigenvalue weighted by Crippen LogP contribution is 2.28. The molecule has 0 bridgehead atoms. The van der Waals surface area contributed by atoms with Crippen molar-refractivity contribution in [2.24, 2.45) is 0 Å². The van der Waals surface area contributed by atoms with Gasteiger partial charge in [-0.05, 0) is 42.7 Å². The molecule has 0 atom stereocenters. The Hall–Kier alpha value is -3.15. The molecule has 0 saturated heterocycles. The van der Waals surface area contributed by atoms with E-state index in [1.807, 2.05) is 31.2 Å². The lowest BCUT2D eigenvalue weighted by Crippen LogP contribution is -2.26. The van der Waals surface area contributed by atoms with Crippen LogP contribution in [0.2, 0.25) is 0 Å². The molecular formula is C21H22N2O4. The van der Waals surface area contributed by atoms with Crippen molar-refractivity contribution >= 4 is 16.9 Å². The van der Waals surface area contributed by atoms with Crippen LogP contribution in [-0.2, 0) is 17.6 Å². The fraction of sp³-hybridized carbons (Fsp3) is 0.286. The number of aryl methyl sites for hydroxylation is 2. The first kappa shape index (κ1) is 18.6. The van der Waals surface area contributed by atoms with E-state index in [1.165, 1.54) is 6.07 Å². The maximum absolute atomic E-state index is 12.1. The standard InChI is InChI=1S/C21H22N2O4/c1-14-11-21(25)27-19-13-18(26-2)15(12-17(14)19)6-7-20(24)23-10-8-16-5-3-4-9-22-16/h3-5,9,11-13H,6-8,10H2,1-2H3,(H,23,24). The maximum Gasteiger partial charge on any atom is 0.336 e. The molecule has 0 aliphatic carbocycles. The second-order valence-electron chi connectivity index (χ2n) is 6.33. The summed E-state index contributed by atoms with van der Waals surface area (Å²) in [5.74, 6) is 0.585. The van der Waals surface area contributed by atoms with Gasteiger partial charge in [0, 0.05) is 48.8 Å². The molecule has 0 aliphatic heterocycles. The Kier molecular flexibility index (Phi) is 5.86. The molecule has 6 nitrogen and oxygen atoms in total. The van der Waals surface area contributed by atoms with Crippen LogP contribution in [0.3, 0.4) is 0 Å². The molecule has 1 aromatic carbocycles. The number of aromatic nitrogens is 1. The summed E-state index contributed by atoms with van der Waals surface area (Å²) in [5.41, 5.74) is 2.79. The molecule has 3 rings (SSSR count). The molecule has 3 aromatic rings. The second-order valence-corrected chi connectivity index (χ2v) is 6.33. The number of benzene rings is 1. The topological polar surface area (TPSA) is 81.4 Å². The average Bonchev–Trinajstić information content (AvgIpc) is 2.66. The number of fused-ring (bicyclic) bond motifs is 1. The minimum Gasteiger partial charge on any atom is -0.496 e. The first-order valence-corrected chi connectivity index (χ1v) is 8.85. The van der Waals surface area contributed by atoms with E-state index in [0.717, 1.165) is 22.2 Å². The smallest absolute Gasteiger partial charge is 0.336 e. The van der Waals surface area contributed by atoms with Crippen LogP contribution in [0.15, 0.2) is 51.8 Å². The summed E-state index contributed by atoms with van der Waals surface area (Å²) in [4.78, 5) is 27.9. The van der Waals surface area contributed by atoms with Gasteiger partial charge in [-0.1, -0.05) is 6.07 Å². The van der Waals surface area contributed by atoms with Crippen molar-refractivity contribution in [3.63, 3.8) is 0 Å². The monoisotopic (exact) mass is 366 g/mol. The van der Waals surface area contributed by atoms with Gasteiger partial charge < -0.3 is 14.5 Å². The molecule has 0 spiro atoms. The lowest BCUT2D eigenvalue weighted by atomic mass is 10.0. The van der Waals surface area contributed by atoms with E-state index in [9.17, 15) is 9.59 Å². The summed E-state index contributed by atoms with van der Waals surface area (Å²) in [7, 11) is 1.56. The normalized spacial score (nSPS) is 10.7. The van der Waals surface area contributed by atoms with Crippen LogP contribution in [0, 0.1) is 6.92 Å². The highest BCUT2D eigenvalue weighted by Gasteiger charge is 2.11. The summed E-state index contributed by atoms with van der Waals surface area (Å²) < 4.78 is 10.6. The predicted molar refractivity (Wildman–Crippen MR) is 103 cm³/mol. The highest BCUT2D eigenvalue weighted by molar-refractivity contribution is 5.83. The van der Waals surface area contributed by atoms with Crippen molar-refractivity contribution in [1.82, 2.24) is 10.3 Å². The summed E-state index contributed by atoms with van der Waals surface area (Å²) in [5, 5.41) is 3.76.